The molecule has 1 aromatic carbocycles. The summed E-state index contributed by atoms with van der Waals surface area (Å²) in [5, 5.41) is 13.9. The second-order valence-electron chi connectivity index (χ2n) is 4.45. The summed E-state index contributed by atoms with van der Waals surface area (Å²) in [6.07, 6.45) is 4.67. The third-order valence-electron chi connectivity index (χ3n) is 3.01. The molecule has 3 aromatic rings. The molecule has 3 rings (SSSR count). The van der Waals surface area contributed by atoms with E-state index in [0.29, 0.717) is 11.3 Å². The summed E-state index contributed by atoms with van der Waals surface area (Å²) >= 11 is 0. The van der Waals surface area contributed by atoms with Gasteiger partial charge in [-0.25, -0.2) is 4.68 Å². The van der Waals surface area contributed by atoms with Crippen molar-refractivity contribution >= 4 is 11.6 Å². The Balaban J connectivity index is 1.87. The molecule has 7 nitrogen and oxygen atoms in total. The number of nitrogens with one attached hydrogen (secondary N) is 1. The first kappa shape index (κ1) is 12.9. The van der Waals surface area contributed by atoms with Gasteiger partial charge in [-0.05, 0) is 47.2 Å². The molecule has 2 heterocycles. The number of aromatic nitrogens is 5. The number of benzene rings is 1. The van der Waals surface area contributed by atoms with Crippen LogP contribution in [0.3, 0.4) is 0 Å². The summed E-state index contributed by atoms with van der Waals surface area (Å²) < 4.78 is 1.55. The number of carbonyl (C=O) groups excluding carboxylic acids is 1. The fourth-order valence-electron chi connectivity index (χ4n) is 1.91. The monoisotopic (exact) mass is 280 g/mol. The van der Waals surface area contributed by atoms with Gasteiger partial charge in [0.15, 0.2) is 0 Å². The molecule has 0 atom stereocenters. The minimum atomic E-state index is -0.191. The molecule has 0 bridgehead atoms. The van der Waals surface area contributed by atoms with Crippen LogP contribution in [0.1, 0.15) is 15.9 Å². The molecule has 21 heavy (non-hydrogen) atoms. The third-order valence-corrected chi connectivity index (χ3v) is 3.01. The van der Waals surface area contributed by atoms with Crippen LogP contribution in [-0.4, -0.2) is 31.1 Å². The molecule has 0 fully saturated rings. The number of amides is 1. The van der Waals surface area contributed by atoms with Crippen LogP contribution in [-0.2, 0) is 0 Å². The maximum absolute atomic E-state index is 12.1. The van der Waals surface area contributed by atoms with Crippen LogP contribution in [0, 0.1) is 6.92 Å². The van der Waals surface area contributed by atoms with Crippen molar-refractivity contribution in [2.24, 2.45) is 0 Å². The van der Waals surface area contributed by atoms with E-state index in [1.54, 1.807) is 29.2 Å². The fraction of sp³-hybridized carbons (Fsp3) is 0.0714. The predicted octanol–water partition coefficient (Wildman–Crippen LogP) is 1.62. The average Bonchev–Trinajstić information content (AvgIpc) is 3.04. The first-order valence-electron chi connectivity index (χ1n) is 6.29. The summed E-state index contributed by atoms with van der Waals surface area (Å²) in [4.78, 5) is 16.0. The van der Waals surface area contributed by atoms with Crippen molar-refractivity contribution in [2.75, 3.05) is 5.32 Å². The Hall–Kier alpha value is -3.09. The molecule has 0 saturated carbocycles. The predicted molar refractivity (Wildman–Crippen MR) is 76.1 cm³/mol. The Morgan fingerprint density at radius 1 is 1.19 bits per heavy atom. The molecule has 0 unspecified atom stereocenters. The Labute approximate surface area is 120 Å². The third kappa shape index (κ3) is 2.76. The highest BCUT2D eigenvalue weighted by Gasteiger charge is 2.08. The van der Waals surface area contributed by atoms with Crippen LogP contribution in [0.25, 0.3) is 5.69 Å². The second kappa shape index (κ2) is 5.49. The van der Waals surface area contributed by atoms with Gasteiger partial charge in [-0.3, -0.25) is 9.78 Å². The number of aryl methyl sites for hydroxylation is 1. The molecule has 1 N–H and O–H groups in total. The quantitative estimate of drug-likeness (QED) is 0.788. The first-order valence-corrected chi connectivity index (χ1v) is 6.29. The number of hydrogen-bond acceptors (Lipinski definition) is 5. The average molecular weight is 280 g/mol. The van der Waals surface area contributed by atoms with Crippen LogP contribution in [0.15, 0.2) is 49.1 Å². The van der Waals surface area contributed by atoms with Crippen molar-refractivity contribution in [1.82, 2.24) is 25.2 Å². The highest BCUT2D eigenvalue weighted by molar-refractivity contribution is 6.04. The number of hydrogen-bond donors (Lipinski definition) is 1. The minimum absolute atomic E-state index is 0.191. The lowest BCUT2D eigenvalue weighted by atomic mass is 10.1. The number of nitrogens with zero attached hydrogens (tertiary/aromatic N) is 5. The summed E-state index contributed by atoms with van der Waals surface area (Å²) in [5.74, 6) is -0.191. The van der Waals surface area contributed by atoms with E-state index in [9.17, 15) is 4.79 Å². The Kier molecular flexibility index (Phi) is 3.38. The standard InChI is InChI=1S/C14H12N6O/c1-10-2-3-12(8-13(10)20-9-16-18-19-20)17-14(21)11-4-6-15-7-5-11/h2-9H,1H3,(H,17,21). The smallest absolute Gasteiger partial charge is 0.255 e. The van der Waals surface area contributed by atoms with Crippen molar-refractivity contribution in [3.8, 4) is 5.69 Å². The van der Waals surface area contributed by atoms with Crippen molar-refractivity contribution in [3.05, 3.63) is 60.2 Å². The molecule has 7 heteroatoms. The molecule has 0 saturated heterocycles. The first-order chi connectivity index (χ1) is 10.2. The molecule has 104 valence electrons. The van der Waals surface area contributed by atoms with E-state index in [1.807, 2.05) is 25.1 Å². The number of anilines is 1. The molecule has 0 radical (unpaired) electrons. The fourth-order valence-corrected chi connectivity index (χ4v) is 1.91. The van der Waals surface area contributed by atoms with E-state index in [2.05, 4.69) is 25.8 Å². The van der Waals surface area contributed by atoms with Gasteiger partial charge in [0.25, 0.3) is 5.91 Å². The summed E-state index contributed by atoms with van der Waals surface area (Å²) in [6, 6.07) is 8.88. The highest BCUT2D eigenvalue weighted by Crippen LogP contribution is 2.18. The molecule has 0 spiro atoms. The lowest BCUT2D eigenvalue weighted by molar-refractivity contribution is 0.102. The van der Waals surface area contributed by atoms with Gasteiger partial charge in [0.05, 0.1) is 5.69 Å². The Morgan fingerprint density at radius 3 is 2.71 bits per heavy atom. The van der Waals surface area contributed by atoms with Crippen molar-refractivity contribution < 1.29 is 4.79 Å². The second-order valence-corrected chi connectivity index (χ2v) is 4.45. The SMILES string of the molecule is Cc1ccc(NC(=O)c2ccncc2)cc1-n1cnnn1. The van der Waals surface area contributed by atoms with E-state index in [4.69, 9.17) is 0 Å². The molecule has 0 aliphatic carbocycles. The lowest BCUT2D eigenvalue weighted by Gasteiger charge is -2.09. The van der Waals surface area contributed by atoms with Crippen molar-refractivity contribution in [2.45, 2.75) is 6.92 Å². The van der Waals surface area contributed by atoms with Crippen LogP contribution in [0.5, 0.6) is 0 Å². The number of rotatable bonds is 3. The normalized spacial score (nSPS) is 10.3. The van der Waals surface area contributed by atoms with Crippen LogP contribution >= 0.6 is 0 Å². The largest absolute Gasteiger partial charge is 0.322 e. The van der Waals surface area contributed by atoms with Gasteiger partial charge in [0.2, 0.25) is 0 Å². The van der Waals surface area contributed by atoms with Crippen LogP contribution < -0.4 is 5.32 Å². The van der Waals surface area contributed by atoms with Crippen LogP contribution in [0.2, 0.25) is 0 Å². The zero-order valence-corrected chi connectivity index (χ0v) is 11.3. The topological polar surface area (TPSA) is 85.6 Å². The van der Waals surface area contributed by atoms with E-state index in [0.717, 1.165) is 11.3 Å². The van der Waals surface area contributed by atoms with E-state index >= 15 is 0 Å². The molecule has 2 aromatic heterocycles. The summed E-state index contributed by atoms with van der Waals surface area (Å²) in [6.45, 7) is 1.95. The van der Waals surface area contributed by atoms with Gasteiger partial charge in [-0.1, -0.05) is 6.07 Å². The van der Waals surface area contributed by atoms with Crippen molar-refractivity contribution in [3.63, 3.8) is 0 Å². The molecular weight excluding hydrogens is 268 g/mol. The Morgan fingerprint density at radius 2 is 2.00 bits per heavy atom. The van der Waals surface area contributed by atoms with E-state index in [1.165, 1.54) is 6.33 Å². The zero-order chi connectivity index (χ0) is 14.7. The molecule has 1 amide bonds. The van der Waals surface area contributed by atoms with Crippen molar-refractivity contribution in [1.29, 1.82) is 0 Å². The maximum atomic E-state index is 12.1. The van der Waals surface area contributed by atoms with Gasteiger partial charge < -0.3 is 5.32 Å². The minimum Gasteiger partial charge on any atom is -0.322 e. The highest BCUT2D eigenvalue weighted by atomic mass is 16.1. The number of pyridine rings is 1. The lowest BCUT2D eigenvalue weighted by Crippen LogP contribution is -2.12. The summed E-state index contributed by atoms with van der Waals surface area (Å²) in [7, 11) is 0. The number of carbonyl (C=O) groups is 1. The zero-order valence-electron chi connectivity index (χ0n) is 11.3. The summed E-state index contributed by atoms with van der Waals surface area (Å²) in [5.41, 5.74) is 3.04. The van der Waals surface area contributed by atoms with E-state index in [-0.39, 0.29) is 5.91 Å². The van der Waals surface area contributed by atoms with Gasteiger partial charge in [-0.2, -0.15) is 0 Å². The van der Waals surface area contributed by atoms with Gasteiger partial charge >= 0.3 is 0 Å². The van der Waals surface area contributed by atoms with E-state index < -0.39 is 0 Å². The maximum Gasteiger partial charge on any atom is 0.255 e. The Bertz CT molecular complexity index is 754. The van der Waals surface area contributed by atoms with Gasteiger partial charge in [0, 0.05) is 23.6 Å². The van der Waals surface area contributed by atoms with Gasteiger partial charge in [0.1, 0.15) is 6.33 Å². The molecule has 0 aliphatic heterocycles. The molecule has 0 aliphatic rings. The van der Waals surface area contributed by atoms with Crippen LogP contribution in [0.4, 0.5) is 5.69 Å². The number of tetrazole rings is 1. The molecular formula is C14H12N6O. The van der Waals surface area contributed by atoms with Gasteiger partial charge in [-0.15, -0.1) is 5.10 Å².